The lowest BCUT2D eigenvalue weighted by molar-refractivity contribution is -0.113. The lowest BCUT2D eigenvalue weighted by Crippen LogP contribution is -2.42. The minimum absolute atomic E-state index is 0.101. The van der Waals surface area contributed by atoms with Crippen molar-refractivity contribution >= 4 is 22.9 Å². The Kier molecular flexibility index (Phi) is 5.22. The van der Waals surface area contributed by atoms with Gasteiger partial charge in [-0.15, -0.1) is 0 Å². The molecule has 3 heterocycles. The first kappa shape index (κ1) is 18.9. The van der Waals surface area contributed by atoms with E-state index < -0.39 is 0 Å². The molecule has 1 aromatic rings. The molecule has 6 heteroatoms. The fourth-order valence-corrected chi connectivity index (χ4v) is 4.96. The summed E-state index contributed by atoms with van der Waals surface area (Å²) >= 11 is 0. The summed E-state index contributed by atoms with van der Waals surface area (Å²) in [5.41, 5.74) is 4.85. The van der Waals surface area contributed by atoms with Crippen molar-refractivity contribution in [1.29, 1.82) is 0 Å². The minimum Gasteiger partial charge on any atom is -0.383 e. The van der Waals surface area contributed by atoms with E-state index in [4.69, 9.17) is 9.47 Å². The molecule has 1 amide bonds. The molecule has 6 nitrogen and oxygen atoms in total. The Morgan fingerprint density at radius 1 is 1.14 bits per heavy atom. The summed E-state index contributed by atoms with van der Waals surface area (Å²) in [4.78, 5) is 15.6. The van der Waals surface area contributed by atoms with Crippen molar-refractivity contribution < 1.29 is 14.3 Å². The fraction of sp³-hybridized carbons (Fsp3) is 0.609. The lowest BCUT2D eigenvalue weighted by Gasteiger charge is -2.33. The predicted molar refractivity (Wildman–Crippen MR) is 114 cm³/mol. The normalized spacial score (nSPS) is 26.7. The molecule has 1 atom stereocenters. The summed E-state index contributed by atoms with van der Waals surface area (Å²) in [5, 5.41) is 7.10. The number of benzene rings is 1. The highest BCUT2D eigenvalue weighted by Crippen LogP contribution is 2.43. The number of nitrogens with one attached hydrogen (secondary N) is 2. The number of nitrogens with zero attached hydrogens (tertiary/aromatic N) is 1. The number of ether oxygens (including phenoxy) is 2. The number of rotatable bonds is 4. The van der Waals surface area contributed by atoms with Crippen LogP contribution < -0.4 is 15.5 Å². The van der Waals surface area contributed by atoms with Crippen LogP contribution in [0.4, 0.5) is 11.4 Å². The molecule has 5 rings (SSSR count). The first-order valence-electron chi connectivity index (χ1n) is 11.1. The molecule has 1 unspecified atom stereocenters. The molecule has 4 aliphatic rings. The Bertz CT molecular complexity index is 804. The number of carbonyl (C=O) groups is 1. The van der Waals surface area contributed by atoms with E-state index in [1.807, 2.05) is 4.90 Å². The van der Waals surface area contributed by atoms with Gasteiger partial charge in [0.15, 0.2) is 0 Å². The van der Waals surface area contributed by atoms with Crippen molar-refractivity contribution in [2.24, 2.45) is 5.92 Å². The maximum absolute atomic E-state index is 13.6. The standard InChI is InChI=1S/C23H31N3O3/c1-15(16-3-2-4-16)25-17-5-6-21-19(13-17)22(20-14-29-12-9-24-20)23(27)26(21)18-7-10-28-11-8-18/h5-6,13,15-16,18,24-25H,2-4,7-12,14H2,1H3/b22-20-. The van der Waals surface area contributed by atoms with Crippen molar-refractivity contribution in [2.45, 2.75) is 51.1 Å². The number of morpholine rings is 1. The number of hydrogen-bond acceptors (Lipinski definition) is 5. The molecule has 0 aromatic heterocycles. The van der Waals surface area contributed by atoms with Gasteiger partial charge in [-0.3, -0.25) is 4.79 Å². The van der Waals surface area contributed by atoms with Crippen LogP contribution in [0.15, 0.2) is 23.9 Å². The zero-order chi connectivity index (χ0) is 19.8. The molecule has 2 N–H and O–H groups in total. The molecular formula is C23H31N3O3. The van der Waals surface area contributed by atoms with Gasteiger partial charge in [-0.1, -0.05) is 6.42 Å². The van der Waals surface area contributed by atoms with Gasteiger partial charge >= 0.3 is 0 Å². The van der Waals surface area contributed by atoms with Crippen LogP contribution in [-0.4, -0.2) is 51.0 Å². The van der Waals surface area contributed by atoms with Crippen molar-refractivity contribution in [3.63, 3.8) is 0 Å². The maximum atomic E-state index is 13.6. The highest BCUT2D eigenvalue weighted by molar-refractivity contribution is 6.33. The Hall–Kier alpha value is -2.05. The van der Waals surface area contributed by atoms with Crippen LogP contribution >= 0.6 is 0 Å². The van der Waals surface area contributed by atoms with E-state index in [1.54, 1.807) is 0 Å². The summed E-state index contributed by atoms with van der Waals surface area (Å²) in [6.07, 6.45) is 5.74. The predicted octanol–water partition coefficient (Wildman–Crippen LogP) is 3.14. The molecule has 3 aliphatic heterocycles. The smallest absolute Gasteiger partial charge is 0.261 e. The Morgan fingerprint density at radius 2 is 1.97 bits per heavy atom. The van der Waals surface area contributed by atoms with Crippen LogP contribution in [0.3, 0.4) is 0 Å². The third-order valence-corrected chi connectivity index (χ3v) is 6.90. The SMILES string of the molecule is CC(Nc1ccc2c(c1)/C(=C1\COCCN1)C(=O)N2C1CCOCC1)C1CCC1. The van der Waals surface area contributed by atoms with Gasteiger partial charge in [0.2, 0.25) is 0 Å². The minimum atomic E-state index is 0.101. The average molecular weight is 398 g/mol. The van der Waals surface area contributed by atoms with Crippen molar-refractivity contribution in [3.8, 4) is 0 Å². The number of fused-ring (bicyclic) bond motifs is 1. The zero-order valence-electron chi connectivity index (χ0n) is 17.2. The van der Waals surface area contributed by atoms with E-state index in [2.05, 4.69) is 35.8 Å². The maximum Gasteiger partial charge on any atom is 0.261 e. The molecule has 3 fully saturated rings. The van der Waals surface area contributed by atoms with Gasteiger partial charge in [0, 0.05) is 43.1 Å². The van der Waals surface area contributed by atoms with E-state index >= 15 is 0 Å². The molecule has 156 valence electrons. The van der Waals surface area contributed by atoms with Gasteiger partial charge in [0.1, 0.15) is 0 Å². The second-order valence-corrected chi connectivity index (χ2v) is 8.71. The molecule has 0 bridgehead atoms. The number of carbonyl (C=O) groups excluding carboxylic acids is 1. The summed E-state index contributed by atoms with van der Waals surface area (Å²) in [6.45, 7) is 5.60. The first-order valence-corrected chi connectivity index (χ1v) is 11.1. The van der Waals surface area contributed by atoms with Crippen LogP contribution in [0.5, 0.6) is 0 Å². The van der Waals surface area contributed by atoms with Crippen LogP contribution in [0, 0.1) is 5.92 Å². The van der Waals surface area contributed by atoms with Gasteiger partial charge in [-0.05, 0) is 56.7 Å². The van der Waals surface area contributed by atoms with E-state index in [9.17, 15) is 4.79 Å². The van der Waals surface area contributed by atoms with E-state index in [0.717, 1.165) is 66.7 Å². The molecule has 1 aliphatic carbocycles. The topological polar surface area (TPSA) is 62.8 Å². The Morgan fingerprint density at radius 3 is 2.66 bits per heavy atom. The van der Waals surface area contributed by atoms with Crippen LogP contribution in [-0.2, 0) is 14.3 Å². The highest BCUT2D eigenvalue weighted by atomic mass is 16.5. The van der Waals surface area contributed by atoms with Gasteiger partial charge in [0.05, 0.1) is 30.2 Å². The van der Waals surface area contributed by atoms with Gasteiger partial charge in [0.25, 0.3) is 5.91 Å². The number of hydrogen-bond donors (Lipinski definition) is 2. The van der Waals surface area contributed by atoms with E-state index in [1.165, 1.54) is 19.3 Å². The Labute approximate surface area is 172 Å². The molecular weight excluding hydrogens is 366 g/mol. The summed E-state index contributed by atoms with van der Waals surface area (Å²) in [5.74, 6) is 0.860. The highest BCUT2D eigenvalue weighted by Gasteiger charge is 2.39. The lowest BCUT2D eigenvalue weighted by atomic mass is 9.80. The van der Waals surface area contributed by atoms with Crippen LogP contribution in [0.2, 0.25) is 0 Å². The molecule has 0 spiro atoms. The number of anilines is 2. The first-order chi connectivity index (χ1) is 14.2. The molecule has 29 heavy (non-hydrogen) atoms. The van der Waals surface area contributed by atoms with E-state index in [0.29, 0.717) is 19.3 Å². The van der Waals surface area contributed by atoms with Gasteiger partial charge in [-0.2, -0.15) is 0 Å². The summed E-state index contributed by atoms with van der Waals surface area (Å²) in [7, 11) is 0. The largest absolute Gasteiger partial charge is 0.383 e. The van der Waals surface area contributed by atoms with Crippen LogP contribution in [0.1, 0.15) is 44.6 Å². The Balaban J connectivity index is 1.50. The van der Waals surface area contributed by atoms with Crippen molar-refractivity contribution in [3.05, 3.63) is 29.5 Å². The summed E-state index contributed by atoms with van der Waals surface area (Å²) in [6, 6.07) is 7.07. The summed E-state index contributed by atoms with van der Waals surface area (Å²) < 4.78 is 11.2. The molecule has 0 radical (unpaired) electrons. The molecule has 1 saturated carbocycles. The van der Waals surface area contributed by atoms with E-state index in [-0.39, 0.29) is 11.9 Å². The fourth-order valence-electron chi connectivity index (χ4n) is 4.96. The van der Waals surface area contributed by atoms with Crippen molar-refractivity contribution in [2.75, 3.05) is 43.2 Å². The second kappa shape index (κ2) is 8.00. The zero-order valence-corrected chi connectivity index (χ0v) is 17.2. The molecule has 2 saturated heterocycles. The van der Waals surface area contributed by atoms with Gasteiger partial charge < -0.3 is 25.0 Å². The average Bonchev–Trinajstić information content (AvgIpc) is 2.99. The third-order valence-electron chi connectivity index (χ3n) is 6.90. The van der Waals surface area contributed by atoms with Gasteiger partial charge in [-0.25, -0.2) is 0 Å². The van der Waals surface area contributed by atoms with Crippen LogP contribution in [0.25, 0.3) is 5.57 Å². The second-order valence-electron chi connectivity index (χ2n) is 8.71. The number of amides is 1. The quantitative estimate of drug-likeness (QED) is 0.765. The van der Waals surface area contributed by atoms with Crippen molar-refractivity contribution in [1.82, 2.24) is 5.32 Å². The third kappa shape index (κ3) is 3.53. The monoisotopic (exact) mass is 397 g/mol. The molecule has 1 aromatic carbocycles.